The number of halogens is 2. The molecule has 6 nitrogen and oxygen atoms in total. The largest absolute Gasteiger partial charge is 0.935 e. The highest BCUT2D eigenvalue weighted by Crippen LogP contribution is 2.21. The van der Waals surface area contributed by atoms with Crippen LogP contribution in [0.1, 0.15) is 55.3 Å². The van der Waals surface area contributed by atoms with Crippen molar-refractivity contribution < 1.29 is 22.6 Å². The highest BCUT2D eigenvalue weighted by molar-refractivity contribution is 6.36. The molecule has 1 aliphatic rings. The third-order valence-corrected chi connectivity index (χ3v) is 6.56. The average Bonchev–Trinajstić information content (AvgIpc) is 3.68. The molecule has 0 saturated carbocycles. The van der Waals surface area contributed by atoms with Gasteiger partial charge in [0.1, 0.15) is 11.4 Å². The van der Waals surface area contributed by atoms with E-state index in [1.54, 1.807) is 36.6 Å². The number of ether oxygens (including phenoxy) is 1. The summed E-state index contributed by atoms with van der Waals surface area (Å²) in [4.78, 5) is 14.9. The van der Waals surface area contributed by atoms with E-state index in [0.717, 1.165) is 34.3 Å². The van der Waals surface area contributed by atoms with E-state index in [1.807, 2.05) is 60.2 Å². The fraction of sp³-hybridized carbons (Fsp3) is 0.267. The molecule has 1 aromatic carbocycles. The summed E-state index contributed by atoms with van der Waals surface area (Å²) < 4.78 is 36.4. The van der Waals surface area contributed by atoms with Crippen LogP contribution in [0, 0.1) is 0 Å². The third-order valence-electron chi connectivity index (χ3n) is 6.56. The number of unbranched alkanes of at least 4 members (excludes halogenated alkanes) is 3. The summed E-state index contributed by atoms with van der Waals surface area (Å²) in [6.07, 6.45) is 15.3. The van der Waals surface area contributed by atoms with Gasteiger partial charge in [0.15, 0.2) is 12.3 Å². The summed E-state index contributed by atoms with van der Waals surface area (Å²) >= 11 is 0. The monoisotopic (exact) mass is 531 g/mol. The summed E-state index contributed by atoms with van der Waals surface area (Å²) in [7, 11) is -0.764. The van der Waals surface area contributed by atoms with Crippen LogP contribution in [0.3, 0.4) is 0 Å². The van der Waals surface area contributed by atoms with Crippen LogP contribution in [0.25, 0.3) is 18.2 Å². The van der Waals surface area contributed by atoms with E-state index >= 15 is 0 Å². The molecule has 4 rings (SSSR count). The molecule has 0 atom stereocenters. The van der Waals surface area contributed by atoms with E-state index in [2.05, 4.69) is 17.2 Å². The lowest BCUT2D eigenvalue weighted by molar-refractivity contribution is -0.340. The SMILES string of the molecule is CCCCCCNC(=O)COc1ccc(/C=C\c2ccc(/C=C3/C=CC(c4ccc[nH]4)=[N+]3B(F)F)n2C)cc1. The summed E-state index contributed by atoms with van der Waals surface area (Å²) in [6.45, 7) is 2.83. The average molecular weight is 531 g/mol. The number of rotatable bonds is 13. The van der Waals surface area contributed by atoms with Crippen LogP contribution in [0.15, 0.2) is 72.6 Å². The van der Waals surface area contributed by atoms with Gasteiger partial charge in [0.2, 0.25) is 5.71 Å². The third kappa shape index (κ3) is 7.47. The number of amides is 1. The van der Waals surface area contributed by atoms with Crippen LogP contribution >= 0.6 is 0 Å². The number of nitrogens with one attached hydrogen (secondary N) is 2. The minimum absolute atomic E-state index is 0.00692. The van der Waals surface area contributed by atoms with E-state index in [4.69, 9.17) is 4.74 Å². The van der Waals surface area contributed by atoms with Crippen molar-refractivity contribution in [1.82, 2.24) is 14.9 Å². The fourth-order valence-electron chi connectivity index (χ4n) is 4.35. The molecular weight excluding hydrogens is 497 g/mol. The molecule has 0 unspecified atom stereocenters. The molecule has 0 spiro atoms. The van der Waals surface area contributed by atoms with Crippen molar-refractivity contribution in [3.8, 4) is 5.75 Å². The fourth-order valence-corrected chi connectivity index (χ4v) is 4.35. The molecule has 2 aromatic heterocycles. The van der Waals surface area contributed by atoms with Gasteiger partial charge in [-0.3, -0.25) is 4.79 Å². The molecule has 9 heteroatoms. The molecule has 0 saturated heterocycles. The Balaban J connectivity index is 1.35. The first-order valence-electron chi connectivity index (χ1n) is 13.3. The Labute approximate surface area is 228 Å². The van der Waals surface area contributed by atoms with Gasteiger partial charge in [-0.05, 0) is 54.5 Å². The van der Waals surface area contributed by atoms with Gasteiger partial charge in [-0.25, -0.2) is 13.1 Å². The second-order valence-electron chi connectivity index (χ2n) is 9.36. The van der Waals surface area contributed by atoms with Crippen molar-refractivity contribution in [2.75, 3.05) is 13.2 Å². The number of hydrogen-bond donors (Lipinski definition) is 2. The molecule has 3 aromatic rings. The van der Waals surface area contributed by atoms with Gasteiger partial charge >= 0.3 is 7.40 Å². The Bertz CT molecular complexity index is 1370. The van der Waals surface area contributed by atoms with Crippen LogP contribution in [-0.4, -0.2) is 46.2 Å². The predicted molar refractivity (Wildman–Crippen MR) is 154 cm³/mol. The van der Waals surface area contributed by atoms with Crippen LogP contribution in [0.4, 0.5) is 8.63 Å². The number of hydrogen-bond acceptors (Lipinski definition) is 2. The Morgan fingerprint density at radius 3 is 2.56 bits per heavy atom. The molecule has 0 radical (unpaired) electrons. The maximum absolute atomic E-state index is 13.9. The van der Waals surface area contributed by atoms with Gasteiger partial charge in [-0.15, -0.1) is 0 Å². The van der Waals surface area contributed by atoms with Crippen LogP contribution < -0.4 is 10.1 Å². The van der Waals surface area contributed by atoms with Crippen molar-refractivity contribution in [3.63, 3.8) is 0 Å². The Hall–Kier alpha value is -4.14. The van der Waals surface area contributed by atoms with Crippen molar-refractivity contribution >= 4 is 37.2 Å². The van der Waals surface area contributed by atoms with Crippen molar-refractivity contribution in [3.05, 3.63) is 95.2 Å². The lowest BCUT2D eigenvalue weighted by Crippen LogP contribution is -2.29. The highest BCUT2D eigenvalue weighted by atomic mass is 19.2. The van der Waals surface area contributed by atoms with Gasteiger partial charge in [-0.1, -0.05) is 44.4 Å². The second-order valence-corrected chi connectivity index (χ2v) is 9.36. The standard InChI is InChI=1S/C30H33BF2N4O2/c1-3-4-5-6-19-35-30(38)22-39-27-16-10-23(11-17-27)9-12-24-13-14-25(36(24)2)21-26-15-18-29(37(26)31(32)33)28-8-7-20-34-28/h7-18,20-21H,3-6,19,22H2,1-2H3,(H,35,38)/p+1/b12-9-,26-21-. The number of aromatic nitrogens is 2. The van der Waals surface area contributed by atoms with E-state index in [0.29, 0.717) is 29.4 Å². The first kappa shape index (κ1) is 27.9. The highest BCUT2D eigenvalue weighted by Gasteiger charge is 2.42. The van der Waals surface area contributed by atoms with Crippen LogP contribution in [0.2, 0.25) is 0 Å². The maximum Gasteiger partial charge on any atom is 0.935 e. The molecule has 0 bridgehead atoms. The summed E-state index contributed by atoms with van der Waals surface area (Å²) in [5.74, 6) is 0.512. The number of benzene rings is 1. The molecule has 3 heterocycles. The number of nitrogens with zero attached hydrogens (tertiary/aromatic N) is 2. The molecular formula is C30H34BF2N4O2+. The van der Waals surface area contributed by atoms with E-state index < -0.39 is 7.40 Å². The van der Waals surface area contributed by atoms with E-state index in [-0.39, 0.29) is 12.5 Å². The zero-order chi connectivity index (χ0) is 27.6. The topological polar surface area (TPSA) is 62.1 Å². The van der Waals surface area contributed by atoms with Crippen LogP contribution in [0.5, 0.6) is 5.75 Å². The van der Waals surface area contributed by atoms with Gasteiger partial charge in [0.05, 0.1) is 0 Å². The first-order chi connectivity index (χ1) is 19.0. The Morgan fingerprint density at radius 2 is 1.85 bits per heavy atom. The first-order valence-corrected chi connectivity index (χ1v) is 13.3. The molecule has 0 fully saturated rings. The van der Waals surface area contributed by atoms with Gasteiger partial charge in [0.25, 0.3) is 5.91 Å². The van der Waals surface area contributed by atoms with Gasteiger partial charge < -0.3 is 19.6 Å². The summed E-state index contributed by atoms with van der Waals surface area (Å²) in [6, 6.07) is 14.9. The number of carbonyl (C=O) groups is 1. The number of allylic oxidation sites excluding steroid dienone is 2. The second kappa shape index (κ2) is 13.6. The van der Waals surface area contributed by atoms with E-state index in [9.17, 15) is 13.4 Å². The summed E-state index contributed by atoms with van der Waals surface area (Å²) in [5, 5.41) is 2.88. The van der Waals surface area contributed by atoms with Crippen molar-refractivity contribution in [2.45, 2.75) is 32.6 Å². The lowest BCUT2D eigenvalue weighted by atomic mass is 10.1. The lowest BCUT2D eigenvalue weighted by Gasteiger charge is -2.07. The van der Waals surface area contributed by atoms with E-state index in [1.165, 1.54) is 12.8 Å². The van der Waals surface area contributed by atoms with Gasteiger partial charge in [-0.2, -0.15) is 0 Å². The van der Waals surface area contributed by atoms with Crippen LogP contribution in [-0.2, 0) is 11.8 Å². The normalized spacial score (nSPS) is 14.1. The minimum Gasteiger partial charge on any atom is -0.484 e. The number of H-pyrrole nitrogens is 1. The minimum atomic E-state index is -2.67. The molecule has 2 N–H and O–H groups in total. The quantitative estimate of drug-likeness (QED) is 0.212. The molecule has 1 amide bonds. The van der Waals surface area contributed by atoms with Crippen molar-refractivity contribution in [2.24, 2.45) is 7.05 Å². The molecule has 39 heavy (non-hydrogen) atoms. The summed E-state index contributed by atoms with van der Waals surface area (Å²) in [5.41, 5.74) is 4.20. The predicted octanol–water partition coefficient (Wildman–Crippen LogP) is 5.94. The van der Waals surface area contributed by atoms with Gasteiger partial charge in [0, 0.05) is 49.4 Å². The zero-order valence-corrected chi connectivity index (χ0v) is 22.4. The number of aromatic amines is 1. The molecule has 202 valence electrons. The van der Waals surface area contributed by atoms with Crippen molar-refractivity contribution in [1.29, 1.82) is 0 Å². The zero-order valence-electron chi connectivity index (χ0n) is 22.4. The Morgan fingerprint density at radius 1 is 1.05 bits per heavy atom. The molecule has 1 aliphatic heterocycles. The number of carbonyl (C=O) groups excluding carboxylic acids is 1. The molecule has 0 aliphatic carbocycles. The smallest absolute Gasteiger partial charge is 0.484 e. The maximum atomic E-state index is 13.9. The Kier molecular flexibility index (Phi) is 9.72.